The van der Waals surface area contributed by atoms with Crippen LogP contribution in [0.25, 0.3) is 0 Å². The van der Waals surface area contributed by atoms with Crippen molar-refractivity contribution in [3.05, 3.63) is 30.1 Å². The van der Waals surface area contributed by atoms with Crippen LogP contribution in [0.3, 0.4) is 0 Å². The van der Waals surface area contributed by atoms with Gasteiger partial charge < -0.3 is 10.1 Å². The lowest BCUT2D eigenvalue weighted by Gasteiger charge is -2.21. The van der Waals surface area contributed by atoms with E-state index in [1.807, 2.05) is 0 Å². The number of anilines is 1. The van der Waals surface area contributed by atoms with Crippen LogP contribution in [-0.4, -0.2) is 24.4 Å². The van der Waals surface area contributed by atoms with E-state index in [2.05, 4.69) is 5.32 Å². The van der Waals surface area contributed by atoms with Crippen LogP contribution < -0.4 is 5.32 Å². The highest BCUT2D eigenvalue weighted by Gasteiger charge is 2.19. The zero-order valence-electron chi connectivity index (χ0n) is 10.5. The first kappa shape index (κ1) is 13.7. The number of carbonyl (C=O) groups excluding carboxylic acids is 2. The number of benzene rings is 1. The van der Waals surface area contributed by atoms with Crippen molar-refractivity contribution in [2.45, 2.75) is 31.8 Å². The average Bonchev–Trinajstić information content (AvgIpc) is 2.41. The molecule has 0 heterocycles. The highest BCUT2D eigenvalue weighted by Crippen LogP contribution is 2.17. The molecule has 1 fully saturated rings. The first-order valence-electron chi connectivity index (χ1n) is 6.32. The zero-order chi connectivity index (χ0) is 13.7. The molecular weight excluding hydrogens is 249 g/mol. The standard InChI is InChI=1S/C14H16FNO3/c15-10-1-3-11(4-2-10)16-14(18)9-19-13-7-5-12(17)6-8-13/h1-4,13H,5-9H2,(H,16,18). The molecule has 1 aromatic carbocycles. The lowest BCUT2D eigenvalue weighted by Crippen LogP contribution is -2.26. The number of hydrogen-bond donors (Lipinski definition) is 1. The first-order valence-corrected chi connectivity index (χ1v) is 6.32. The number of hydrogen-bond acceptors (Lipinski definition) is 3. The minimum absolute atomic E-state index is 0.0170. The molecule has 0 aromatic heterocycles. The van der Waals surface area contributed by atoms with Gasteiger partial charge in [0.2, 0.25) is 5.91 Å². The van der Waals surface area contributed by atoms with Crippen LogP contribution in [-0.2, 0) is 14.3 Å². The molecule has 19 heavy (non-hydrogen) atoms. The molecule has 4 nitrogen and oxygen atoms in total. The Balaban J connectivity index is 1.72. The van der Waals surface area contributed by atoms with Crippen molar-refractivity contribution < 1.29 is 18.7 Å². The molecule has 0 spiro atoms. The fourth-order valence-electron chi connectivity index (χ4n) is 2.00. The SMILES string of the molecule is O=C1CCC(OCC(=O)Nc2ccc(F)cc2)CC1. The van der Waals surface area contributed by atoms with Gasteiger partial charge in [0.05, 0.1) is 6.10 Å². The van der Waals surface area contributed by atoms with Crippen molar-refractivity contribution in [2.24, 2.45) is 0 Å². The third-order valence-electron chi connectivity index (χ3n) is 3.07. The minimum Gasteiger partial charge on any atom is -0.368 e. The molecule has 0 radical (unpaired) electrons. The van der Waals surface area contributed by atoms with Crippen molar-refractivity contribution in [3.63, 3.8) is 0 Å². The Morgan fingerprint density at radius 1 is 1.26 bits per heavy atom. The Labute approximate surface area is 110 Å². The summed E-state index contributed by atoms with van der Waals surface area (Å²) < 4.78 is 18.1. The van der Waals surface area contributed by atoms with Gasteiger partial charge in [-0.05, 0) is 37.1 Å². The van der Waals surface area contributed by atoms with E-state index in [1.165, 1.54) is 24.3 Å². The number of nitrogens with one attached hydrogen (secondary N) is 1. The summed E-state index contributed by atoms with van der Waals surface area (Å²) in [6.07, 6.45) is 2.41. The van der Waals surface area contributed by atoms with E-state index >= 15 is 0 Å². The Morgan fingerprint density at radius 2 is 1.89 bits per heavy atom. The smallest absolute Gasteiger partial charge is 0.250 e. The third-order valence-corrected chi connectivity index (χ3v) is 3.07. The fraction of sp³-hybridized carbons (Fsp3) is 0.429. The molecule has 1 saturated carbocycles. The van der Waals surface area contributed by atoms with E-state index in [0.29, 0.717) is 31.4 Å². The van der Waals surface area contributed by atoms with Gasteiger partial charge in [0, 0.05) is 18.5 Å². The van der Waals surface area contributed by atoms with E-state index in [0.717, 1.165) is 0 Å². The Kier molecular flexibility index (Phi) is 4.63. The van der Waals surface area contributed by atoms with E-state index < -0.39 is 0 Å². The summed E-state index contributed by atoms with van der Waals surface area (Å²) in [5.41, 5.74) is 0.536. The van der Waals surface area contributed by atoms with Crippen LogP contribution in [0.15, 0.2) is 24.3 Å². The van der Waals surface area contributed by atoms with Crippen molar-refractivity contribution in [1.29, 1.82) is 0 Å². The summed E-state index contributed by atoms with van der Waals surface area (Å²) in [7, 11) is 0. The van der Waals surface area contributed by atoms with Crippen LogP contribution in [0.1, 0.15) is 25.7 Å². The Bertz CT molecular complexity index is 448. The fourth-order valence-corrected chi connectivity index (χ4v) is 2.00. The van der Waals surface area contributed by atoms with Crippen molar-refractivity contribution in [2.75, 3.05) is 11.9 Å². The summed E-state index contributed by atoms with van der Waals surface area (Å²) in [6.45, 7) is -0.0454. The predicted molar refractivity (Wildman–Crippen MR) is 68.2 cm³/mol. The molecule has 0 aliphatic heterocycles. The molecule has 1 amide bonds. The van der Waals surface area contributed by atoms with E-state index in [9.17, 15) is 14.0 Å². The number of halogens is 1. The maximum absolute atomic E-state index is 12.7. The van der Waals surface area contributed by atoms with E-state index in [4.69, 9.17) is 4.74 Å². The van der Waals surface area contributed by atoms with Crippen LogP contribution in [0.4, 0.5) is 10.1 Å². The molecule has 102 valence electrons. The highest BCUT2D eigenvalue weighted by atomic mass is 19.1. The van der Waals surface area contributed by atoms with Gasteiger partial charge in [-0.15, -0.1) is 0 Å². The van der Waals surface area contributed by atoms with Gasteiger partial charge >= 0.3 is 0 Å². The molecule has 1 aliphatic carbocycles. The number of ether oxygens (including phenoxy) is 1. The third kappa shape index (κ3) is 4.44. The second-order valence-corrected chi connectivity index (χ2v) is 4.60. The highest BCUT2D eigenvalue weighted by molar-refractivity contribution is 5.91. The monoisotopic (exact) mass is 265 g/mol. The Hall–Kier alpha value is -1.75. The number of ketones is 1. The average molecular weight is 265 g/mol. The maximum atomic E-state index is 12.7. The van der Waals surface area contributed by atoms with Gasteiger partial charge in [0.1, 0.15) is 18.2 Å². The van der Waals surface area contributed by atoms with Crippen molar-refractivity contribution >= 4 is 17.4 Å². The quantitative estimate of drug-likeness (QED) is 0.908. The topological polar surface area (TPSA) is 55.4 Å². The molecule has 0 unspecified atom stereocenters. The molecule has 2 rings (SSSR count). The Morgan fingerprint density at radius 3 is 2.53 bits per heavy atom. The van der Waals surface area contributed by atoms with Crippen LogP contribution in [0, 0.1) is 5.82 Å². The normalized spacial score (nSPS) is 16.4. The summed E-state index contributed by atoms with van der Waals surface area (Å²) in [5.74, 6) is -0.361. The molecule has 0 saturated heterocycles. The lowest BCUT2D eigenvalue weighted by atomic mass is 9.96. The molecule has 1 aliphatic rings. The zero-order valence-corrected chi connectivity index (χ0v) is 10.5. The number of rotatable bonds is 4. The van der Waals surface area contributed by atoms with Crippen LogP contribution in [0.5, 0.6) is 0 Å². The van der Waals surface area contributed by atoms with E-state index in [1.54, 1.807) is 0 Å². The minimum atomic E-state index is -0.346. The lowest BCUT2D eigenvalue weighted by molar-refractivity contribution is -0.126. The second-order valence-electron chi connectivity index (χ2n) is 4.60. The van der Waals surface area contributed by atoms with Gasteiger partial charge in [0.15, 0.2) is 0 Å². The number of amides is 1. The van der Waals surface area contributed by atoms with Gasteiger partial charge in [-0.1, -0.05) is 0 Å². The molecule has 0 bridgehead atoms. The molecule has 5 heteroatoms. The first-order chi connectivity index (χ1) is 9.13. The van der Waals surface area contributed by atoms with Crippen LogP contribution >= 0.6 is 0 Å². The largest absolute Gasteiger partial charge is 0.368 e. The van der Waals surface area contributed by atoms with Crippen molar-refractivity contribution in [1.82, 2.24) is 0 Å². The number of carbonyl (C=O) groups is 2. The van der Waals surface area contributed by atoms with E-state index in [-0.39, 0.29) is 30.2 Å². The summed E-state index contributed by atoms with van der Waals surface area (Å²) in [6, 6.07) is 5.55. The van der Waals surface area contributed by atoms with Gasteiger partial charge in [0.25, 0.3) is 0 Å². The summed E-state index contributed by atoms with van der Waals surface area (Å²) >= 11 is 0. The molecule has 1 aromatic rings. The van der Waals surface area contributed by atoms with Gasteiger partial charge in [-0.3, -0.25) is 9.59 Å². The summed E-state index contributed by atoms with van der Waals surface area (Å²) in [5, 5.41) is 2.62. The molecule has 0 atom stereocenters. The summed E-state index contributed by atoms with van der Waals surface area (Å²) in [4.78, 5) is 22.7. The molecule has 1 N–H and O–H groups in total. The molecular formula is C14H16FNO3. The van der Waals surface area contributed by atoms with Gasteiger partial charge in [-0.25, -0.2) is 4.39 Å². The predicted octanol–water partition coefficient (Wildman–Crippen LogP) is 2.29. The number of Topliss-reactive ketones (excluding diaryl/α,β-unsaturated/α-hetero) is 1. The maximum Gasteiger partial charge on any atom is 0.250 e. The van der Waals surface area contributed by atoms with Gasteiger partial charge in [-0.2, -0.15) is 0 Å². The van der Waals surface area contributed by atoms with Crippen LogP contribution in [0.2, 0.25) is 0 Å². The van der Waals surface area contributed by atoms with Crippen molar-refractivity contribution in [3.8, 4) is 0 Å². The second kappa shape index (κ2) is 6.43.